The average molecular weight is 361 g/mol. The molecule has 0 aromatic carbocycles. The quantitative estimate of drug-likeness (QED) is 0.622. The van der Waals surface area contributed by atoms with E-state index in [0.717, 1.165) is 25.7 Å². The van der Waals surface area contributed by atoms with Crippen LogP contribution >= 0.6 is 0 Å². The highest BCUT2D eigenvalue weighted by Crippen LogP contribution is 2.52. The fourth-order valence-corrected chi connectivity index (χ4v) is 3.63. The number of rotatable bonds is 5. The van der Waals surface area contributed by atoms with E-state index in [-0.39, 0.29) is 35.3 Å². The number of aromatic nitrogens is 1. The van der Waals surface area contributed by atoms with Gasteiger partial charge in [0.25, 0.3) is 6.47 Å². The van der Waals surface area contributed by atoms with Crippen molar-refractivity contribution in [2.45, 2.75) is 59.0 Å². The molecule has 0 saturated heterocycles. The molecule has 26 heavy (non-hydrogen) atoms. The van der Waals surface area contributed by atoms with Crippen molar-refractivity contribution in [2.75, 3.05) is 0 Å². The molecule has 0 unspecified atom stereocenters. The van der Waals surface area contributed by atoms with Gasteiger partial charge < -0.3 is 14.3 Å². The summed E-state index contributed by atoms with van der Waals surface area (Å²) in [6.07, 6.45) is 6.14. The molecule has 2 aliphatic carbocycles. The number of hydrogen-bond acceptors (Lipinski definition) is 8. The van der Waals surface area contributed by atoms with Crippen molar-refractivity contribution in [1.82, 2.24) is 4.98 Å². The number of nitrogens with zero attached hydrogens (tertiary/aromatic N) is 3. The molecule has 0 radical (unpaired) electrons. The highest BCUT2D eigenvalue weighted by molar-refractivity contribution is 5.96. The second-order valence-corrected chi connectivity index (χ2v) is 7.95. The number of Topliss-reactive ketones (excluding diaryl/α,β-unsaturated/α-hetero) is 1. The predicted molar refractivity (Wildman–Crippen MR) is 90.4 cm³/mol. The van der Waals surface area contributed by atoms with Crippen LogP contribution in [-0.4, -0.2) is 22.3 Å². The van der Waals surface area contributed by atoms with Gasteiger partial charge in [-0.25, -0.2) is 0 Å². The monoisotopic (exact) mass is 361 g/mol. The second-order valence-electron chi connectivity index (χ2n) is 7.95. The topological polar surface area (TPSA) is 114 Å². The van der Waals surface area contributed by atoms with Gasteiger partial charge in [0.1, 0.15) is 5.76 Å². The normalized spacial score (nSPS) is 22.2. The van der Waals surface area contributed by atoms with Gasteiger partial charge in [-0.3, -0.25) is 9.59 Å². The Labute approximate surface area is 151 Å². The van der Waals surface area contributed by atoms with E-state index in [9.17, 15) is 14.7 Å². The number of azo groups is 1. The van der Waals surface area contributed by atoms with Gasteiger partial charge in [0.15, 0.2) is 23.8 Å². The van der Waals surface area contributed by atoms with Gasteiger partial charge >= 0.3 is 6.01 Å². The summed E-state index contributed by atoms with van der Waals surface area (Å²) in [7, 11) is 0. The first-order valence-corrected chi connectivity index (χ1v) is 8.70. The van der Waals surface area contributed by atoms with Crippen molar-refractivity contribution in [2.24, 2.45) is 21.1 Å². The molecule has 1 fully saturated rings. The van der Waals surface area contributed by atoms with Gasteiger partial charge in [0.05, 0.1) is 6.20 Å². The van der Waals surface area contributed by atoms with Crippen LogP contribution in [0.25, 0.3) is 0 Å². The number of ketones is 1. The number of aliphatic hydroxyl groups excluding tert-OH is 1. The zero-order valence-electron chi connectivity index (χ0n) is 15.0. The van der Waals surface area contributed by atoms with E-state index in [2.05, 4.69) is 33.8 Å². The third-order valence-corrected chi connectivity index (χ3v) is 5.35. The Balaban J connectivity index is 1.70. The Morgan fingerprint density at radius 1 is 1.27 bits per heavy atom. The Bertz CT molecular complexity index is 753. The lowest BCUT2D eigenvalue weighted by atomic mass is 9.60. The number of ether oxygens (including phenoxy) is 1. The Morgan fingerprint density at radius 2 is 2.00 bits per heavy atom. The number of aliphatic hydroxyl groups is 1. The van der Waals surface area contributed by atoms with Gasteiger partial charge in [-0.1, -0.05) is 19.0 Å². The molecule has 8 nitrogen and oxygen atoms in total. The minimum Gasteiger partial charge on any atom is -0.510 e. The van der Waals surface area contributed by atoms with Crippen LogP contribution in [0.15, 0.2) is 32.3 Å². The van der Waals surface area contributed by atoms with Crippen molar-refractivity contribution in [3.63, 3.8) is 0 Å². The van der Waals surface area contributed by atoms with Gasteiger partial charge in [-0.2, -0.15) is 4.98 Å². The van der Waals surface area contributed by atoms with Gasteiger partial charge in [0.2, 0.25) is 0 Å². The lowest BCUT2D eigenvalue weighted by Gasteiger charge is -2.44. The molecule has 0 atom stereocenters. The summed E-state index contributed by atoms with van der Waals surface area (Å²) in [6, 6.07) is -0.0673. The highest BCUT2D eigenvalue weighted by Gasteiger charge is 2.44. The van der Waals surface area contributed by atoms with E-state index in [4.69, 9.17) is 4.42 Å². The predicted octanol–water partition coefficient (Wildman–Crippen LogP) is 4.15. The molecule has 8 heteroatoms. The Kier molecular flexibility index (Phi) is 4.93. The van der Waals surface area contributed by atoms with E-state index in [1.165, 1.54) is 6.20 Å². The number of carbonyl (C=O) groups is 2. The Morgan fingerprint density at radius 3 is 2.65 bits per heavy atom. The SMILES string of the molecule is CC1(C)CCC2(CC1)CC(=O)C(N=Nc1ncc(COC=O)o1)=C(O)C2. The largest absolute Gasteiger partial charge is 0.510 e. The van der Waals surface area contributed by atoms with Gasteiger partial charge in [-0.05, 0) is 36.5 Å². The standard InChI is InChI=1S/C18H23N3O5/c1-17(2)3-5-18(6-4-17)7-13(23)15(14(24)8-18)20-21-16-19-9-12(26-16)10-25-11-22/h9,11,23H,3-8,10H2,1-2H3. The zero-order chi connectivity index (χ0) is 18.8. The summed E-state index contributed by atoms with van der Waals surface area (Å²) in [4.78, 5) is 26.5. The maximum Gasteiger partial charge on any atom is 0.341 e. The van der Waals surface area contributed by atoms with E-state index in [1.54, 1.807) is 0 Å². The summed E-state index contributed by atoms with van der Waals surface area (Å²) in [6.45, 7) is 4.72. The van der Waals surface area contributed by atoms with Crippen LogP contribution in [0.2, 0.25) is 0 Å². The molecule has 1 heterocycles. The van der Waals surface area contributed by atoms with Crippen LogP contribution in [0.5, 0.6) is 0 Å². The molecule has 3 rings (SSSR count). The number of oxazole rings is 1. The maximum absolute atomic E-state index is 12.5. The summed E-state index contributed by atoms with van der Waals surface area (Å²) in [5, 5.41) is 18.0. The summed E-state index contributed by atoms with van der Waals surface area (Å²) >= 11 is 0. The van der Waals surface area contributed by atoms with Crippen molar-refractivity contribution < 1.29 is 23.8 Å². The van der Waals surface area contributed by atoms with Crippen LogP contribution in [-0.2, 0) is 20.9 Å². The third kappa shape index (κ3) is 4.00. The van der Waals surface area contributed by atoms with Crippen molar-refractivity contribution in [1.29, 1.82) is 0 Å². The molecule has 140 valence electrons. The average Bonchev–Trinajstić information content (AvgIpc) is 3.03. The van der Waals surface area contributed by atoms with Gasteiger partial charge in [-0.15, -0.1) is 5.11 Å². The molecule has 0 aliphatic heterocycles. The van der Waals surface area contributed by atoms with Gasteiger partial charge in [0, 0.05) is 12.8 Å². The Hall–Kier alpha value is -2.51. The van der Waals surface area contributed by atoms with Crippen LogP contribution < -0.4 is 0 Å². The van der Waals surface area contributed by atoms with Crippen LogP contribution in [0.3, 0.4) is 0 Å². The maximum atomic E-state index is 12.5. The second kappa shape index (κ2) is 7.01. The van der Waals surface area contributed by atoms with E-state index >= 15 is 0 Å². The van der Waals surface area contributed by atoms with Crippen LogP contribution in [0.4, 0.5) is 6.01 Å². The molecule has 2 aliphatic rings. The minimum atomic E-state index is -0.201. The molecule has 0 amide bonds. The molecule has 1 saturated carbocycles. The summed E-state index contributed by atoms with van der Waals surface area (Å²) in [5.41, 5.74) is 0.117. The molecule has 0 bridgehead atoms. The minimum absolute atomic E-state index is 0.0132. The molecule has 1 aromatic heterocycles. The van der Waals surface area contributed by atoms with E-state index in [1.807, 2.05) is 0 Å². The van der Waals surface area contributed by atoms with Crippen molar-refractivity contribution in [3.05, 3.63) is 23.4 Å². The summed E-state index contributed by atoms with van der Waals surface area (Å²) in [5.74, 6) is 0.0945. The molecular weight excluding hydrogens is 338 g/mol. The fourth-order valence-electron chi connectivity index (χ4n) is 3.63. The summed E-state index contributed by atoms with van der Waals surface area (Å²) < 4.78 is 9.76. The molecule has 1 spiro atoms. The fraction of sp³-hybridized carbons (Fsp3) is 0.611. The van der Waals surface area contributed by atoms with Crippen molar-refractivity contribution in [3.8, 4) is 0 Å². The first kappa shape index (κ1) is 18.3. The van der Waals surface area contributed by atoms with Crippen molar-refractivity contribution >= 4 is 18.3 Å². The lowest BCUT2D eigenvalue weighted by Crippen LogP contribution is -2.36. The smallest absolute Gasteiger partial charge is 0.341 e. The van der Waals surface area contributed by atoms with Crippen LogP contribution in [0.1, 0.15) is 58.1 Å². The van der Waals surface area contributed by atoms with Crippen LogP contribution in [0, 0.1) is 10.8 Å². The number of allylic oxidation sites excluding steroid dienone is 2. The number of carbonyl (C=O) groups excluding carboxylic acids is 2. The third-order valence-electron chi connectivity index (χ3n) is 5.35. The molecule has 1 N–H and O–H groups in total. The first-order valence-electron chi connectivity index (χ1n) is 8.70. The zero-order valence-corrected chi connectivity index (χ0v) is 15.0. The van der Waals surface area contributed by atoms with E-state index in [0.29, 0.717) is 30.5 Å². The lowest BCUT2D eigenvalue weighted by molar-refractivity contribution is -0.130. The number of hydrogen-bond donors (Lipinski definition) is 1. The molecule has 1 aromatic rings. The molecular formula is C18H23N3O5. The first-order chi connectivity index (χ1) is 12.3. The van der Waals surface area contributed by atoms with E-state index < -0.39 is 0 Å². The highest BCUT2D eigenvalue weighted by atomic mass is 16.5.